The molecule has 3 heteroatoms. The average Bonchev–Trinajstić information content (AvgIpc) is 2.65. The lowest BCUT2D eigenvalue weighted by Gasteiger charge is -2.12. The lowest BCUT2D eigenvalue weighted by Crippen LogP contribution is -2.30. The normalized spacial score (nSPS) is 25.4. The van der Waals surface area contributed by atoms with Gasteiger partial charge in [-0.15, -0.1) is 0 Å². The van der Waals surface area contributed by atoms with Crippen molar-refractivity contribution in [3.63, 3.8) is 0 Å². The van der Waals surface area contributed by atoms with Gasteiger partial charge in [0, 0.05) is 19.0 Å². The van der Waals surface area contributed by atoms with Gasteiger partial charge in [0.1, 0.15) is 0 Å². The molecule has 2 rings (SSSR count). The molecule has 0 aromatic carbocycles. The molecule has 1 aliphatic carbocycles. The van der Waals surface area contributed by atoms with Crippen LogP contribution in [0, 0.1) is 5.92 Å². The van der Waals surface area contributed by atoms with Crippen molar-refractivity contribution in [2.45, 2.75) is 12.8 Å². The highest BCUT2D eigenvalue weighted by atomic mass is 16.2. The lowest BCUT2D eigenvalue weighted by molar-refractivity contribution is -0.131. The zero-order valence-corrected chi connectivity index (χ0v) is 5.97. The molecule has 56 valence electrons. The second-order valence-corrected chi connectivity index (χ2v) is 3.03. The first kappa shape index (κ1) is 6.16. The van der Waals surface area contributed by atoms with Crippen LogP contribution >= 0.6 is 0 Å². The van der Waals surface area contributed by atoms with E-state index in [4.69, 9.17) is 0 Å². The van der Waals surface area contributed by atoms with Crippen molar-refractivity contribution < 1.29 is 4.79 Å². The van der Waals surface area contributed by atoms with Gasteiger partial charge in [-0.2, -0.15) is 0 Å². The minimum absolute atomic E-state index is 0.366. The first-order valence-corrected chi connectivity index (χ1v) is 3.87. The van der Waals surface area contributed by atoms with Crippen molar-refractivity contribution in [2.24, 2.45) is 5.92 Å². The summed E-state index contributed by atoms with van der Waals surface area (Å²) >= 11 is 0. The summed E-state index contributed by atoms with van der Waals surface area (Å²) in [5.74, 6) is 0.755. The molecule has 0 atom stereocenters. The molecule has 2 fully saturated rings. The minimum Gasteiger partial charge on any atom is -0.328 e. The second kappa shape index (κ2) is 2.23. The third-order valence-corrected chi connectivity index (χ3v) is 2.10. The summed E-state index contributed by atoms with van der Waals surface area (Å²) in [5.41, 5.74) is 0. The van der Waals surface area contributed by atoms with E-state index in [1.807, 2.05) is 4.90 Å². The van der Waals surface area contributed by atoms with Crippen molar-refractivity contribution in [1.29, 1.82) is 0 Å². The Bertz CT molecular complexity index is 148. The Morgan fingerprint density at radius 1 is 1.50 bits per heavy atom. The Labute approximate surface area is 60.4 Å². The third kappa shape index (κ3) is 1.01. The number of carbonyl (C=O) groups excluding carboxylic acids is 1. The van der Waals surface area contributed by atoms with E-state index >= 15 is 0 Å². The van der Waals surface area contributed by atoms with Gasteiger partial charge >= 0.3 is 0 Å². The molecule has 1 saturated heterocycles. The first-order valence-electron chi connectivity index (χ1n) is 3.87. The number of hydrogen-bond donors (Lipinski definition) is 1. The predicted octanol–water partition coefficient (Wildman–Crippen LogP) is -0.214. The molecule has 0 radical (unpaired) electrons. The number of amides is 1. The van der Waals surface area contributed by atoms with Gasteiger partial charge in [-0.3, -0.25) is 10.1 Å². The number of rotatable bonds is 1. The Hall–Kier alpha value is -0.570. The highest BCUT2D eigenvalue weighted by Crippen LogP contribution is 2.30. The molecule has 1 N–H and O–H groups in total. The van der Waals surface area contributed by atoms with E-state index in [1.165, 1.54) is 0 Å². The number of hydrogen-bond acceptors (Lipinski definition) is 2. The van der Waals surface area contributed by atoms with Gasteiger partial charge in [-0.05, 0) is 12.8 Å². The fraction of sp³-hybridized carbons (Fsp3) is 0.857. The topological polar surface area (TPSA) is 32.3 Å². The molecule has 0 aromatic rings. The number of nitrogens with one attached hydrogen (secondary N) is 1. The molecule has 0 aromatic heterocycles. The van der Waals surface area contributed by atoms with E-state index in [2.05, 4.69) is 5.32 Å². The van der Waals surface area contributed by atoms with Gasteiger partial charge in [0.25, 0.3) is 0 Å². The van der Waals surface area contributed by atoms with Crippen LogP contribution in [0.25, 0.3) is 0 Å². The Kier molecular flexibility index (Phi) is 1.38. The van der Waals surface area contributed by atoms with E-state index < -0.39 is 0 Å². The van der Waals surface area contributed by atoms with E-state index in [1.54, 1.807) is 0 Å². The molecule has 10 heavy (non-hydrogen) atoms. The second-order valence-electron chi connectivity index (χ2n) is 3.03. The van der Waals surface area contributed by atoms with Crippen LogP contribution in [0.15, 0.2) is 0 Å². The molecule has 0 spiro atoms. The minimum atomic E-state index is 0.366. The van der Waals surface area contributed by atoms with Gasteiger partial charge in [-0.25, -0.2) is 0 Å². The lowest BCUT2D eigenvalue weighted by atomic mass is 10.4. The Morgan fingerprint density at radius 2 is 2.30 bits per heavy atom. The summed E-state index contributed by atoms with van der Waals surface area (Å²) in [6.45, 7) is 2.66. The molecule has 1 saturated carbocycles. The third-order valence-electron chi connectivity index (χ3n) is 2.10. The Morgan fingerprint density at radius 3 is 2.80 bits per heavy atom. The van der Waals surface area contributed by atoms with Crippen LogP contribution in [0.1, 0.15) is 12.8 Å². The largest absolute Gasteiger partial charge is 0.328 e. The van der Waals surface area contributed by atoms with Crippen molar-refractivity contribution in [1.82, 2.24) is 10.2 Å². The van der Waals surface area contributed by atoms with Crippen molar-refractivity contribution in [3.8, 4) is 0 Å². The average molecular weight is 140 g/mol. The SMILES string of the molecule is O=C(C1CC1)N1CCNC1. The van der Waals surface area contributed by atoms with Crippen LogP contribution in [0.3, 0.4) is 0 Å². The van der Waals surface area contributed by atoms with E-state index in [0.29, 0.717) is 11.8 Å². The maximum absolute atomic E-state index is 11.3. The highest BCUT2D eigenvalue weighted by Gasteiger charge is 2.33. The summed E-state index contributed by atoms with van der Waals surface area (Å²) in [4.78, 5) is 13.2. The van der Waals surface area contributed by atoms with E-state index in [9.17, 15) is 4.79 Å². The molecular weight excluding hydrogens is 128 g/mol. The van der Waals surface area contributed by atoms with E-state index in [-0.39, 0.29) is 0 Å². The molecule has 2 aliphatic rings. The summed E-state index contributed by atoms with van der Waals surface area (Å²) < 4.78 is 0. The monoisotopic (exact) mass is 140 g/mol. The quantitative estimate of drug-likeness (QED) is 0.546. The van der Waals surface area contributed by atoms with Crippen molar-refractivity contribution in [2.75, 3.05) is 19.8 Å². The Balaban J connectivity index is 1.90. The highest BCUT2D eigenvalue weighted by molar-refractivity contribution is 5.81. The molecule has 1 aliphatic heterocycles. The molecule has 3 nitrogen and oxygen atoms in total. The van der Waals surface area contributed by atoms with Gasteiger partial charge in [-0.1, -0.05) is 0 Å². The zero-order valence-electron chi connectivity index (χ0n) is 5.97. The molecule has 1 amide bonds. The number of carbonyl (C=O) groups is 1. The van der Waals surface area contributed by atoms with Crippen molar-refractivity contribution in [3.05, 3.63) is 0 Å². The maximum Gasteiger partial charge on any atom is 0.226 e. The zero-order chi connectivity index (χ0) is 6.97. The molecule has 0 unspecified atom stereocenters. The van der Waals surface area contributed by atoms with Crippen LogP contribution in [-0.4, -0.2) is 30.6 Å². The van der Waals surface area contributed by atoms with Crippen LogP contribution < -0.4 is 5.32 Å². The van der Waals surface area contributed by atoms with E-state index in [0.717, 1.165) is 32.6 Å². The maximum atomic E-state index is 11.3. The van der Waals surface area contributed by atoms with Crippen LogP contribution in [-0.2, 0) is 4.79 Å². The molecule has 1 heterocycles. The fourth-order valence-corrected chi connectivity index (χ4v) is 1.28. The van der Waals surface area contributed by atoms with Crippen molar-refractivity contribution >= 4 is 5.91 Å². The van der Waals surface area contributed by atoms with Crippen LogP contribution in [0.4, 0.5) is 0 Å². The summed E-state index contributed by atoms with van der Waals surface area (Å²) in [6, 6.07) is 0. The standard InChI is InChI=1S/C7H12N2O/c10-7(6-1-2-6)9-4-3-8-5-9/h6,8H,1-5H2. The van der Waals surface area contributed by atoms with Gasteiger partial charge in [0.2, 0.25) is 5.91 Å². The van der Waals surface area contributed by atoms with Gasteiger partial charge in [0.05, 0.1) is 6.67 Å². The summed E-state index contributed by atoms with van der Waals surface area (Å²) in [5, 5.41) is 3.14. The van der Waals surface area contributed by atoms with Crippen LogP contribution in [0.5, 0.6) is 0 Å². The summed E-state index contributed by atoms with van der Waals surface area (Å²) in [7, 11) is 0. The smallest absolute Gasteiger partial charge is 0.226 e. The van der Waals surface area contributed by atoms with Gasteiger partial charge < -0.3 is 4.90 Å². The predicted molar refractivity (Wildman–Crippen MR) is 37.3 cm³/mol. The molecule has 0 bridgehead atoms. The summed E-state index contributed by atoms with van der Waals surface area (Å²) in [6.07, 6.45) is 2.24. The van der Waals surface area contributed by atoms with Crippen LogP contribution in [0.2, 0.25) is 0 Å². The first-order chi connectivity index (χ1) is 4.88. The molecular formula is C7H12N2O. The number of nitrogens with zero attached hydrogens (tertiary/aromatic N) is 1. The fourth-order valence-electron chi connectivity index (χ4n) is 1.28. The van der Waals surface area contributed by atoms with Gasteiger partial charge in [0.15, 0.2) is 0 Å².